The number of hydrogen-bond donors (Lipinski definition) is 1. The lowest BCUT2D eigenvalue weighted by Crippen LogP contribution is -2.49. The van der Waals surface area contributed by atoms with Crippen molar-refractivity contribution in [1.29, 1.82) is 0 Å². The molecule has 0 unspecified atom stereocenters. The molecule has 0 aliphatic carbocycles. The molecule has 2 aromatic rings. The average molecular weight is 369 g/mol. The summed E-state index contributed by atoms with van der Waals surface area (Å²) in [5, 5.41) is 9.95. The number of hydrogen-bond acceptors (Lipinski definition) is 9. The van der Waals surface area contributed by atoms with Gasteiger partial charge in [-0.2, -0.15) is 4.31 Å². The fourth-order valence-corrected chi connectivity index (χ4v) is 4.72. The van der Waals surface area contributed by atoms with Crippen LogP contribution in [0.4, 0.5) is 11.1 Å². The van der Waals surface area contributed by atoms with E-state index in [2.05, 4.69) is 25.5 Å². The van der Waals surface area contributed by atoms with E-state index in [-0.39, 0.29) is 15.4 Å². The molecule has 0 saturated carbocycles. The van der Waals surface area contributed by atoms with Crippen LogP contribution in [0.1, 0.15) is 6.92 Å². The summed E-state index contributed by atoms with van der Waals surface area (Å²) in [6.45, 7) is 2.90. The monoisotopic (exact) mass is 369 g/mol. The molecule has 0 aromatic carbocycles. The fourth-order valence-electron chi connectivity index (χ4n) is 2.21. The zero-order chi connectivity index (χ0) is 17.2. The second-order valence-corrected chi connectivity index (χ2v) is 8.08. The maximum Gasteiger partial charge on any atom is 0.272 e. The Kier molecular flexibility index (Phi) is 4.69. The maximum absolute atomic E-state index is 12.6. The summed E-state index contributed by atoms with van der Waals surface area (Å²) >= 11 is 0.837. The fraction of sp³-hybridized carbons (Fsp3) is 0.417. The summed E-state index contributed by atoms with van der Waals surface area (Å²) < 4.78 is 26.4. The first kappa shape index (κ1) is 16.7. The number of aromatic nitrogens is 4. The summed E-state index contributed by atoms with van der Waals surface area (Å²) in [4.78, 5) is 21.3. The Morgan fingerprint density at radius 2 is 1.83 bits per heavy atom. The van der Waals surface area contributed by atoms with Crippen LogP contribution < -0.4 is 10.2 Å². The Balaban J connectivity index is 1.68. The second-order valence-electron chi connectivity index (χ2n) is 4.99. The molecule has 0 bridgehead atoms. The van der Waals surface area contributed by atoms with Gasteiger partial charge in [0.05, 0.1) is 0 Å². The van der Waals surface area contributed by atoms with E-state index in [1.165, 1.54) is 11.2 Å². The van der Waals surface area contributed by atoms with E-state index in [1.54, 1.807) is 18.5 Å². The summed E-state index contributed by atoms with van der Waals surface area (Å²) in [6, 6.07) is 1.73. The summed E-state index contributed by atoms with van der Waals surface area (Å²) in [7, 11) is -3.72. The Morgan fingerprint density at radius 3 is 2.46 bits per heavy atom. The number of amides is 1. The van der Waals surface area contributed by atoms with Gasteiger partial charge in [0, 0.05) is 45.5 Å². The van der Waals surface area contributed by atoms with E-state index in [0.717, 1.165) is 11.3 Å². The normalized spacial score (nSPS) is 16.1. The van der Waals surface area contributed by atoms with Crippen LogP contribution in [0.3, 0.4) is 0 Å². The van der Waals surface area contributed by atoms with E-state index in [9.17, 15) is 13.2 Å². The number of carbonyl (C=O) groups is 1. The minimum Gasteiger partial charge on any atom is -0.338 e. The van der Waals surface area contributed by atoms with Gasteiger partial charge in [-0.25, -0.2) is 18.4 Å². The molecule has 2 aromatic heterocycles. The largest absolute Gasteiger partial charge is 0.338 e. The highest BCUT2D eigenvalue weighted by molar-refractivity contribution is 7.91. The minimum atomic E-state index is -3.72. The number of anilines is 2. The summed E-state index contributed by atoms with van der Waals surface area (Å²) in [5.74, 6) is 0.255. The predicted molar refractivity (Wildman–Crippen MR) is 87.2 cm³/mol. The molecule has 3 heterocycles. The Bertz CT molecular complexity index is 816. The molecule has 0 atom stereocenters. The minimum absolute atomic E-state index is 0.129. The molecule has 1 aliphatic rings. The number of sulfonamides is 1. The standard InChI is InChI=1S/C12H15N7O3S2/c1-9(20)15-11-16-17-12(23-11)24(21,22)19-7-5-18(6-8-19)10-13-3-2-4-14-10/h2-4H,5-8H2,1H3,(H,15,16,20). The lowest BCUT2D eigenvalue weighted by atomic mass is 10.4. The smallest absolute Gasteiger partial charge is 0.272 e. The van der Waals surface area contributed by atoms with Gasteiger partial charge in [0.25, 0.3) is 10.0 Å². The van der Waals surface area contributed by atoms with Crippen LogP contribution in [0.15, 0.2) is 22.8 Å². The highest BCUT2D eigenvalue weighted by atomic mass is 32.2. The number of nitrogens with one attached hydrogen (secondary N) is 1. The summed E-state index contributed by atoms with van der Waals surface area (Å²) in [6.07, 6.45) is 3.30. The van der Waals surface area contributed by atoms with Gasteiger partial charge in [0.2, 0.25) is 21.3 Å². The zero-order valence-corrected chi connectivity index (χ0v) is 14.4. The van der Waals surface area contributed by atoms with Crippen molar-refractivity contribution in [2.24, 2.45) is 0 Å². The molecule has 3 rings (SSSR count). The molecule has 1 aliphatic heterocycles. The van der Waals surface area contributed by atoms with Gasteiger partial charge < -0.3 is 10.2 Å². The Labute approximate surface area is 142 Å². The molecule has 24 heavy (non-hydrogen) atoms. The van der Waals surface area contributed by atoms with Crippen LogP contribution in [0, 0.1) is 0 Å². The highest BCUT2D eigenvalue weighted by Crippen LogP contribution is 2.24. The highest BCUT2D eigenvalue weighted by Gasteiger charge is 2.32. The Morgan fingerprint density at radius 1 is 1.17 bits per heavy atom. The molecule has 0 radical (unpaired) electrons. The number of nitrogens with zero attached hydrogens (tertiary/aromatic N) is 6. The second kappa shape index (κ2) is 6.75. The van der Waals surface area contributed by atoms with E-state index < -0.39 is 10.0 Å². The molecule has 12 heteroatoms. The van der Waals surface area contributed by atoms with Crippen molar-refractivity contribution >= 4 is 38.3 Å². The van der Waals surface area contributed by atoms with E-state index in [1.807, 2.05) is 4.90 Å². The third-order valence-electron chi connectivity index (χ3n) is 3.32. The predicted octanol–water partition coefficient (Wildman–Crippen LogP) is -0.203. The molecule has 0 spiro atoms. The van der Waals surface area contributed by atoms with Gasteiger partial charge in [0.1, 0.15) is 0 Å². The SMILES string of the molecule is CC(=O)Nc1nnc(S(=O)(=O)N2CCN(c3ncccn3)CC2)s1. The quantitative estimate of drug-likeness (QED) is 0.735. The van der Waals surface area contributed by atoms with Crippen LogP contribution in [0.2, 0.25) is 0 Å². The van der Waals surface area contributed by atoms with E-state index in [0.29, 0.717) is 32.1 Å². The van der Waals surface area contributed by atoms with Gasteiger partial charge in [0.15, 0.2) is 0 Å². The van der Waals surface area contributed by atoms with Crippen molar-refractivity contribution in [3.63, 3.8) is 0 Å². The maximum atomic E-state index is 12.6. The number of piperazine rings is 1. The van der Waals surface area contributed by atoms with Gasteiger partial charge in [-0.3, -0.25) is 4.79 Å². The van der Waals surface area contributed by atoms with Crippen molar-refractivity contribution < 1.29 is 13.2 Å². The van der Waals surface area contributed by atoms with E-state index >= 15 is 0 Å². The van der Waals surface area contributed by atoms with Crippen molar-refractivity contribution in [3.05, 3.63) is 18.5 Å². The molecule has 128 valence electrons. The average Bonchev–Trinajstić information content (AvgIpc) is 3.04. The van der Waals surface area contributed by atoms with Crippen molar-refractivity contribution in [2.75, 3.05) is 36.4 Å². The van der Waals surface area contributed by atoms with Crippen molar-refractivity contribution in [1.82, 2.24) is 24.5 Å². The van der Waals surface area contributed by atoms with Crippen LogP contribution in [0.25, 0.3) is 0 Å². The number of carbonyl (C=O) groups excluding carboxylic acids is 1. The molecule has 1 saturated heterocycles. The first-order valence-corrected chi connectivity index (χ1v) is 9.35. The molecular weight excluding hydrogens is 354 g/mol. The van der Waals surface area contributed by atoms with Crippen LogP contribution in [-0.2, 0) is 14.8 Å². The van der Waals surface area contributed by atoms with Crippen molar-refractivity contribution in [3.8, 4) is 0 Å². The molecule has 1 N–H and O–H groups in total. The van der Waals surface area contributed by atoms with Crippen LogP contribution in [0.5, 0.6) is 0 Å². The topological polar surface area (TPSA) is 121 Å². The third-order valence-corrected chi connectivity index (χ3v) is 6.41. The first-order valence-electron chi connectivity index (χ1n) is 7.10. The lowest BCUT2D eigenvalue weighted by molar-refractivity contribution is -0.114. The molecule has 1 fully saturated rings. The van der Waals surface area contributed by atoms with Crippen LogP contribution >= 0.6 is 11.3 Å². The Hall–Kier alpha value is -2.18. The van der Waals surface area contributed by atoms with Gasteiger partial charge >= 0.3 is 0 Å². The van der Waals surface area contributed by atoms with Gasteiger partial charge in [-0.15, -0.1) is 10.2 Å². The van der Waals surface area contributed by atoms with Gasteiger partial charge in [-0.1, -0.05) is 11.3 Å². The van der Waals surface area contributed by atoms with E-state index in [4.69, 9.17) is 0 Å². The van der Waals surface area contributed by atoms with Crippen molar-refractivity contribution in [2.45, 2.75) is 11.3 Å². The lowest BCUT2D eigenvalue weighted by Gasteiger charge is -2.33. The molecular formula is C12H15N7O3S2. The summed E-state index contributed by atoms with van der Waals surface area (Å²) in [5.41, 5.74) is 0. The molecule has 10 nitrogen and oxygen atoms in total. The van der Waals surface area contributed by atoms with Crippen LogP contribution in [-0.4, -0.2) is 65.0 Å². The zero-order valence-electron chi connectivity index (χ0n) is 12.8. The molecule has 1 amide bonds. The third kappa shape index (κ3) is 3.49. The number of rotatable bonds is 4. The first-order chi connectivity index (χ1) is 11.5. The van der Waals surface area contributed by atoms with Gasteiger partial charge in [-0.05, 0) is 6.07 Å².